The quantitative estimate of drug-likeness (QED) is 0.443. The van der Waals surface area contributed by atoms with E-state index in [4.69, 9.17) is 14.2 Å². The number of hydrogen-bond donors (Lipinski definition) is 1. The summed E-state index contributed by atoms with van der Waals surface area (Å²) >= 11 is 1.23. The molecule has 1 aromatic heterocycles. The average molecular weight is 442 g/mol. The van der Waals surface area contributed by atoms with Gasteiger partial charge in [-0.05, 0) is 38.1 Å². The lowest BCUT2D eigenvalue weighted by molar-refractivity contribution is -0.115. The van der Waals surface area contributed by atoms with E-state index in [0.717, 1.165) is 0 Å². The number of fused-ring (bicyclic) bond motifs is 2. The van der Waals surface area contributed by atoms with Gasteiger partial charge in [0.1, 0.15) is 0 Å². The minimum absolute atomic E-state index is 0.152. The third-order valence-corrected chi connectivity index (χ3v) is 5.98. The van der Waals surface area contributed by atoms with E-state index in [1.165, 1.54) is 11.8 Å². The molecule has 0 saturated carbocycles. The van der Waals surface area contributed by atoms with Crippen LogP contribution in [0.4, 0.5) is 5.69 Å². The fourth-order valence-electron chi connectivity index (χ4n) is 3.34. The van der Waals surface area contributed by atoms with Crippen molar-refractivity contribution in [3.8, 4) is 11.5 Å². The molecule has 2 heterocycles. The van der Waals surface area contributed by atoms with E-state index in [0.29, 0.717) is 39.9 Å². The Morgan fingerprint density at radius 1 is 1.23 bits per heavy atom. The number of anilines is 1. The van der Waals surface area contributed by atoms with Gasteiger partial charge in [0.25, 0.3) is 5.56 Å². The van der Waals surface area contributed by atoms with Gasteiger partial charge in [-0.15, -0.1) is 0 Å². The molecule has 8 nitrogen and oxygen atoms in total. The average Bonchev–Trinajstić information content (AvgIpc) is 3.22. The van der Waals surface area contributed by atoms with Gasteiger partial charge in [-0.3, -0.25) is 14.2 Å². The van der Waals surface area contributed by atoms with Crippen molar-refractivity contribution in [1.29, 1.82) is 0 Å². The molecule has 2 aromatic carbocycles. The zero-order valence-electron chi connectivity index (χ0n) is 17.5. The van der Waals surface area contributed by atoms with Crippen molar-refractivity contribution >= 4 is 34.3 Å². The number of nitrogens with one attached hydrogen (secondary N) is 1. The Balaban J connectivity index is 1.59. The fraction of sp³-hybridized carbons (Fsp3) is 0.318. The smallest absolute Gasteiger partial charge is 0.262 e. The van der Waals surface area contributed by atoms with Gasteiger partial charge in [0.15, 0.2) is 16.7 Å². The van der Waals surface area contributed by atoms with Gasteiger partial charge in [0.2, 0.25) is 12.7 Å². The summed E-state index contributed by atoms with van der Waals surface area (Å²) in [7, 11) is 1.59. The fourth-order valence-corrected chi connectivity index (χ4v) is 4.35. The van der Waals surface area contributed by atoms with Crippen molar-refractivity contribution < 1.29 is 19.0 Å². The standard InChI is InChI=1S/C22H23N3O5S/c1-13(11-28-3)25-21(27)16-6-4-5-7-17(16)24-22(25)31-14(2)20(26)23-15-8-9-18-19(10-15)30-12-29-18/h4-10,13-14H,11-12H2,1-3H3,(H,23,26)/t13-,14+/m1/s1. The van der Waals surface area contributed by atoms with Crippen LogP contribution >= 0.6 is 11.8 Å². The van der Waals surface area contributed by atoms with Crippen molar-refractivity contribution in [1.82, 2.24) is 9.55 Å². The Hall–Kier alpha value is -3.04. The molecule has 4 rings (SSSR count). The van der Waals surface area contributed by atoms with Crippen LogP contribution in [-0.2, 0) is 9.53 Å². The predicted octanol–water partition coefficient (Wildman–Crippen LogP) is 3.45. The maximum atomic E-state index is 13.1. The van der Waals surface area contributed by atoms with Crippen LogP contribution in [0.25, 0.3) is 10.9 Å². The summed E-state index contributed by atoms with van der Waals surface area (Å²) in [6, 6.07) is 12.2. The number of rotatable bonds is 7. The summed E-state index contributed by atoms with van der Waals surface area (Å²) in [5.74, 6) is 1.03. The molecule has 0 aliphatic carbocycles. The molecule has 9 heteroatoms. The number of aromatic nitrogens is 2. The van der Waals surface area contributed by atoms with E-state index in [1.54, 1.807) is 48.9 Å². The topological polar surface area (TPSA) is 91.7 Å². The molecule has 0 saturated heterocycles. The largest absolute Gasteiger partial charge is 0.454 e. The predicted molar refractivity (Wildman–Crippen MR) is 119 cm³/mol. The summed E-state index contributed by atoms with van der Waals surface area (Å²) in [5.41, 5.74) is 1.05. The summed E-state index contributed by atoms with van der Waals surface area (Å²) in [4.78, 5) is 30.6. The van der Waals surface area contributed by atoms with Crippen LogP contribution in [0.5, 0.6) is 11.5 Å². The van der Waals surface area contributed by atoms with E-state index >= 15 is 0 Å². The number of para-hydroxylation sites is 1. The molecule has 0 radical (unpaired) electrons. The molecular weight excluding hydrogens is 418 g/mol. The SMILES string of the molecule is COC[C@@H](C)n1c(S[C@@H](C)C(=O)Nc2ccc3c(c2)OCO3)nc2ccccc2c1=O. The van der Waals surface area contributed by atoms with Crippen molar-refractivity contribution in [3.05, 3.63) is 52.8 Å². The molecule has 2 atom stereocenters. The highest BCUT2D eigenvalue weighted by Crippen LogP contribution is 2.34. The molecule has 0 unspecified atom stereocenters. The van der Waals surface area contributed by atoms with Crippen LogP contribution in [0.15, 0.2) is 52.4 Å². The molecule has 0 bridgehead atoms. The van der Waals surface area contributed by atoms with Gasteiger partial charge in [-0.1, -0.05) is 23.9 Å². The molecule has 1 aliphatic rings. The first-order valence-corrected chi connectivity index (χ1v) is 10.7. The molecule has 31 heavy (non-hydrogen) atoms. The number of hydrogen-bond acceptors (Lipinski definition) is 7. The van der Waals surface area contributed by atoms with E-state index in [-0.39, 0.29) is 24.3 Å². The van der Waals surface area contributed by atoms with E-state index < -0.39 is 5.25 Å². The Kier molecular flexibility index (Phi) is 6.15. The third kappa shape index (κ3) is 4.38. The summed E-state index contributed by atoms with van der Waals surface area (Å²) < 4.78 is 17.5. The molecule has 1 aliphatic heterocycles. The Morgan fingerprint density at radius 2 is 2.00 bits per heavy atom. The number of amides is 1. The number of methoxy groups -OCH3 is 1. The van der Waals surface area contributed by atoms with Crippen molar-refractivity contribution in [3.63, 3.8) is 0 Å². The van der Waals surface area contributed by atoms with Crippen LogP contribution in [0.2, 0.25) is 0 Å². The number of carbonyl (C=O) groups excluding carboxylic acids is 1. The highest BCUT2D eigenvalue weighted by molar-refractivity contribution is 8.00. The molecule has 0 fully saturated rings. The Morgan fingerprint density at radius 3 is 2.81 bits per heavy atom. The second kappa shape index (κ2) is 8.99. The van der Waals surface area contributed by atoms with Gasteiger partial charge < -0.3 is 19.5 Å². The van der Waals surface area contributed by atoms with Crippen molar-refractivity contribution in [2.24, 2.45) is 0 Å². The molecule has 162 valence electrons. The van der Waals surface area contributed by atoms with Gasteiger partial charge in [-0.2, -0.15) is 0 Å². The lowest BCUT2D eigenvalue weighted by Crippen LogP contribution is -2.30. The van der Waals surface area contributed by atoms with Crippen LogP contribution < -0.4 is 20.3 Å². The highest BCUT2D eigenvalue weighted by Gasteiger charge is 2.22. The minimum Gasteiger partial charge on any atom is -0.454 e. The zero-order valence-corrected chi connectivity index (χ0v) is 18.3. The van der Waals surface area contributed by atoms with Gasteiger partial charge >= 0.3 is 0 Å². The second-order valence-corrected chi connectivity index (χ2v) is 8.52. The first-order valence-electron chi connectivity index (χ1n) is 9.85. The number of ether oxygens (including phenoxy) is 3. The third-order valence-electron chi connectivity index (χ3n) is 4.92. The lowest BCUT2D eigenvalue weighted by Gasteiger charge is -2.20. The van der Waals surface area contributed by atoms with E-state index in [2.05, 4.69) is 10.3 Å². The summed E-state index contributed by atoms with van der Waals surface area (Å²) in [6.45, 7) is 4.19. The molecule has 1 amide bonds. The first kappa shape index (κ1) is 21.2. The number of nitrogens with zero attached hydrogens (tertiary/aromatic N) is 2. The van der Waals surface area contributed by atoms with Crippen LogP contribution in [-0.4, -0.2) is 41.2 Å². The molecule has 0 spiro atoms. The van der Waals surface area contributed by atoms with Crippen LogP contribution in [0.1, 0.15) is 19.9 Å². The Bertz CT molecular complexity index is 1180. The second-order valence-electron chi connectivity index (χ2n) is 7.21. The molecule has 3 aromatic rings. The van der Waals surface area contributed by atoms with Gasteiger partial charge in [-0.25, -0.2) is 4.98 Å². The number of benzene rings is 2. The lowest BCUT2D eigenvalue weighted by atomic mass is 10.2. The normalized spacial score (nSPS) is 14.4. The summed E-state index contributed by atoms with van der Waals surface area (Å²) in [5, 5.41) is 3.39. The number of carbonyl (C=O) groups is 1. The van der Waals surface area contributed by atoms with Crippen LogP contribution in [0.3, 0.4) is 0 Å². The maximum Gasteiger partial charge on any atom is 0.262 e. The summed E-state index contributed by atoms with van der Waals surface area (Å²) in [6.07, 6.45) is 0. The van der Waals surface area contributed by atoms with Gasteiger partial charge in [0.05, 0.1) is 28.8 Å². The van der Waals surface area contributed by atoms with E-state index in [1.807, 2.05) is 19.1 Å². The molecular formula is C22H23N3O5S. The van der Waals surface area contributed by atoms with Crippen LogP contribution in [0, 0.1) is 0 Å². The monoisotopic (exact) mass is 441 g/mol. The van der Waals surface area contributed by atoms with Gasteiger partial charge in [0, 0.05) is 18.9 Å². The number of thioether (sulfide) groups is 1. The van der Waals surface area contributed by atoms with Crippen molar-refractivity contribution in [2.75, 3.05) is 25.8 Å². The van der Waals surface area contributed by atoms with Crippen molar-refractivity contribution in [2.45, 2.75) is 30.3 Å². The first-order chi connectivity index (χ1) is 15.0. The minimum atomic E-state index is -0.500. The Labute approximate surface area is 183 Å². The zero-order chi connectivity index (χ0) is 22.0. The van der Waals surface area contributed by atoms with E-state index in [9.17, 15) is 9.59 Å². The molecule has 1 N–H and O–H groups in total. The maximum absolute atomic E-state index is 13.1. The highest BCUT2D eigenvalue weighted by atomic mass is 32.2.